The molecule has 3 heteroatoms. The molecule has 0 bridgehead atoms. The summed E-state index contributed by atoms with van der Waals surface area (Å²) in [5.74, 6) is 0.0304. The van der Waals surface area contributed by atoms with E-state index in [0.29, 0.717) is 0 Å². The smallest absolute Gasteiger partial charge is 0.197 e. The Balaban J connectivity index is 2.03. The zero-order valence-electron chi connectivity index (χ0n) is 10.4. The quantitative estimate of drug-likeness (QED) is 0.658. The molecule has 0 aliphatic carbocycles. The molecule has 1 heterocycles. The zero-order valence-corrected chi connectivity index (χ0v) is 11.3. The molecule has 1 aromatic heterocycles. The molecule has 0 radical (unpaired) electrons. The molecule has 0 aliphatic heterocycles. The van der Waals surface area contributed by atoms with Crippen LogP contribution >= 0.6 is 11.3 Å². The van der Waals surface area contributed by atoms with Crippen LogP contribution in [-0.2, 0) is 0 Å². The highest BCUT2D eigenvalue weighted by molar-refractivity contribution is 7.12. The number of hydrogen-bond acceptors (Lipinski definition) is 3. The molecular formula is C15H15NOS. The molecule has 0 fully saturated rings. The van der Waals surface area contributed by atoms with E-state index >= 15 is 0 Å². The number of hydrogen-bond donors (Lipinski definition) is 1. The number of nitrogens with one attached hydrogen (secondary N) is 1. The van der Waals surface area contributed by atoms with Crippen LogP contribution in [0, 0.1) is 13.8 Å². The summed E-state index contributed by atoms with van der Waals surface area (Å²) in [5, 5.41) is 5.05. The van der Waals surface area contributed by atoms with Gasteiger partial charge in [0.25, 0.3) is 0 Å². The van der Waals surface area contributed by atoms with Crippen LogP contribution in [0.2, 0.25) is 0 Å². The Morgan fingerprint density at radius 1 is 1.28 bits per heavy atom. The van der Waals surface area contributed by atoms with Crippen LogP contribution < -0.4 is 5.32 Å². The first-order chi connectivity index (χ1) is 8.66. The van der Waals surface area contributed by atoms with Crippen LogP contribution in [0.3, 0.4) is 0 Å². The SMILES string of the molecule is Cc1ccc(C)c(N/C=C/C(=O)c2cccs2)c1. The van der Waals surface area contributed by atoms with Gasteiger partial charge >= 0.3 is 0 Å². The van der Waals surface area contributed by atoms with Gasteiger partial charge in [-0.05, 0) is 42.5 Å². The van der Waals surface area contributed by atoms with Gasteiger partial charge < -0.3 is 5.32 Å². The van der Waals surface area contributed by atoms with Gasteiger partial charge in [-0.3, -0.25) is 4.79 Å². The first kappa shape index (κ1) is 12.6. The second-order valence-electron chi connectivity index (χ2n) is 4.14. The van der Waals surface area contributed by atoms with E-state index in [1.54, 1.807) is 12.3 Å². The molecule has 0 spiro atoms. The average molecular weight is 257 g/mol. The molecule has 2 rings (SSSR count). The van der Waals surface area contributed by atoms with Crippen molar-refractivity contribution in [3.05, 3.63) is 64.0 Å². The molecule has 18 heavy (non-hydrogen) atoms. The average Bonchev–Trinajstić information content (AvgIpc) is 2.87. The highest BCUT2D eigenvalue weighted by Gasteiger charge is 2.01. The number of benzene rings is 1. The van der Waals surface area contributed by atoms with E-state index in [9.17, 15) is 4.79 Å². The molecule has 0 atom stereocenters. The normalized spacial score (nSPS) is 10.8. The van der Waals surface area contributed by atoms with Crippen molar-refractivity contribution in [3.8, 4) is 0 Å². The van der Waals surface area contributed by atoms with Gasteiger partial charge in [0, 0.05) is 18.0 Å². The maximum atomic E-state index is 11.7. The first-order valence-corrected chi connectivity index (χ1v) is 6.63. The highest BCUT2D eigenvalue weighted by Crippen LogP contribution is 2.16. The molecule has 0 saturated carbocycles. The fourth-order valence-corrected chi connectivity index (χ4v) is 2.24. The third-order valence-corrected chi connectivity index (χ3v) is 3.52. The van der Waals surface area contributed by atoms with Crippen LogP contribution in [0.5, 0.6) is 0 Å². The number of carbonyl (C=O) groups is 1. The Hall–Kier alpha value is -1.87. The fourth-order valence-electron chi connectivity index (χ4n) is 1.60. The minimum atomic E-state index is 0.0304. The lowest BCUT2D eigenvalue weighted by Gasteiger charge is -2.06. The monoisotopic (exact) mass is 257 g/mol. The summed E-state index contributed by atoms with van der Waals surface area (Å²) < 4.78 is 0. The van der Waals surface area contributed by atoms with E-state index in [1.165, 1.54) is 16.9 Å². The molecule has 0 unspecified atom stereocenters. The number of ketones is 1. The van der Waals surface area contributed by atoms with E-state index in [-0.39, 0.29) is 5.78 Å². The zero-order chi connectivity index (χ0) is 13.0. The molecule has 0 aliphatic rings. The Morgan fingerprint density at radius 3 is 2.83 bits per heavy atom. The van der Waals surface area contributed by atoms with Crippen molar-refractivity contribution in [1.29, 1.82) is 0 Å². The van der Waals surface area contributed by atoms with Crippen LogP contribution in [0.25, 0.3) is 0 Å². The summed E-state index contributed by atoms with van der Waals surface area (Å²) in [6.07, 6.45) is 3.26. The van der Waals surface area contributed by atoms with Crippen molar-refractivity contribution >= 4 is 22.8 Å². The number of rotatable bonds is 4. The molecule has 2 nitrogen and oxygen atoms in total. The van der Waals surface area contributed by atoms with Gasteiger partial charge in [0.15, 0.2) is 5.78 Å². The van der Waals surface area contributed by atoms with Crippen molar-refractivity contribution in [2.75, 3.05) is 5.32 Å². The number of aryl methyl sites for hydroxylation is 2. The van der Waals surface area contributed by atoms with Crippen molar-refractivity contribution < 1.29 is 4.79 Å². The predicted octanol–water partition coefficient (Wildman–Crippen LogP) is 4.17. The number of anilines is 1. The summed E-state index contributed by atoms with van der Waals surface area (Å²) in [4.78, 5) is 12.5. The lowest BCUT2D eigenvalue weighted by molar-refractivity contribution is 0.105. The van der Waals surface area contributed by atoms with Crippen molar-refractivity contribution in [3.63, 3.8) is 0 Å². The van der Waals surface area contributed by atoms with Gasteiger partial charge in [0.2, 0.25) is 0 Å². The number of carbonyl (C=O) groups excluding carboxylic acids is 1. The molecule has 0 saturated heterocycles. The fraction of sp³-hybridized carbons (Fsp3) is 0.133. The summed E-state index contributed by atoms with van der Waals surface area (Å²) >= 11 is 1.45. The number of allylic oxidation sites excluding steroid dienone is 1. The van der Waals surface area contributed by atoms with E-state index in [2.05, 4.69) is 23.5 Å². The summed E-state index contributed by atoms with van der Waals surface area (Å²) in [6, 6.07) is 9.90. The van der Waals surface area contributed by atoms with E-state index in [1.807, 2.05) is 31.4 Å². The van der Waals surface area contributed by atoms with Gasteiger partial charge in [0.05, 0.1) is 4.88 Å². The van der Waals surface area contributed by atoms with Crippen LogP contribution in [-0.4, -0.2) is 5.78 Å². The standard InChI is InChI=1S/C15H15NOS/c1-11-5-6-12(2)13(10-11)16-8-7-14(17)15-4-3-9-18-15/h3-10,16H,1-2H3/b8-7+. The maximum absolute atomic E-state index is 11.7. The summed E-state index contributed by atoms with van der Waals surface area (Å²) in [7, 11) is 0. The van der Waals surface area contributed by atoms with Gasteiger partial charge in [-0.25, -0.2) is 0 Å². The Morgan fingerprint density at radius 2 is 2.11 bits per heavy atom. The second kappa shape index (κ2) is 5.65. The predicted molar refractivity (Wildman–Crippen MR) is 77.3 cm³/mol. The maximum Gasteiger partial charge on any atom is 0.197 e. The van der Waals surface area contributed by atoms with Gasteiger partial charge in [-0.2, -0.15) is 0 Å². The van der Waals surface area contributed by atoms with Gasteiger partial charge in [0.1, 0.15) is 0 Å². The van der Waals surface area contributed by atoms with Crippen LogP contribution in [0.15, 0.2) is 48.0 Å². The minimum Gasteiger partial charge on any atom is -0.361 e. The molecule has 1 N–H and O–H groups in total. The van der Waals surface area contributed by atoms with Gasteiger partial charge in [-0.1, -0.05) is 18.2 Å². The lowest BCUT2D eigenvalue weighted by Crippen LogP contribution is -1.95. The topological polar surface area (TPSA) is 29.1 Å². The van der Waals surface area contributed by atoms with E-state index in [4.69, 9.17) is 0 Å². The molecule has 1 aromatic carbocycles. The highest BCUT2D eigenvalue weighted by atomic mass is 32.1. The van der Waals surface area contributed by atoms with Crippen LogP contribution in [0.1, 0.15) is 20.8 Å². The third-order valence-electron chi connectivity index (χ3n) is 2.63. The van der Waals surface area contributed by atoms with Crippen LogP contribution in [0.4, 0.5) is 5.69 Å². The largest absolute Gasteiger partial charge is 0.361 e. The summed E-state index contributed by atoms with van der Waals surface area (Å²) in [5.41, 5.74) is 3.39. The lowest BCUT2D eigenvalue weighted by atomic mass is 10.1. The van der Waals surface area contributed by atoms with E-state index in [0.717, 1.165) is 16.1 Å². The van der Waals surface area contributed by atoms with Crippen molar-refractivity contribution in [1.82, 2.24) is 0 Å². The molecule has 0 amide bonds. The van der Waals surface area contributed by atoms with E-state index < -0.39 is 0 Å². The molecule has 92 valence electrons. The molecule has 2 aromatic rings. The van der Waals surface area contributed by atoms with Gasteiger partial charge in [-0.15, -0.1) is 11.3 Å². The Labute approximate surface area is 111 Å². The summed E-state index contributed by atoms with van der Waals surface area (Å²) in [6.45, 7) is 4.09. The first-order valence-electron chi connectivity index (χ1n) is 5.75. The number of thiophene rings is 1. The van der Waals surface area contributed by atoms with Crippen molar-refractivity contribution in [2.24, 2.45) is 0 Å². The third kappa shape index (κ3) is 3.08. The van der Waals surface area contributed by atoms with Crippen molar-refractivity contribution in [2.45, 2.75) is 13.8 Å². The Bertz CT molecular complexity index is 570. The minimum absolute atomic E-state index is 0.0304. The molecular weight excluding hydrogens is 242 g/mol. The Kier molecular flexibility index (Phi) is 3.95. The second-order valence-corrected chi connectivity index (χ2v) is 5.09.